The molecule has 0 radical (unpaired) electrons. The van der Waals surface area contributed by atoms with Crippen molar-refractivity contribution in [3.05, 3.63) is 40.4 Å². The summed E-state index contributed by atoms with van der Waals surface area (Å²) in [6.45, 7) is 3.33. The fourth-order valence-electron chi connectivity index (χ4n) is 1.57. The third-order valence-corrected chi connectivity index (χ3v) is 3.29. The number of ether oxygens (including phenoxy) is 2. The SMILES string of the molecule is Cc1nc(OCC(=O)OCc2ccco2)c(Cl)c(N)c1C. The highest BCUT2D eigenvalue weighted by Crippen LogP contribution is 2.32. The highest BCUT2D eigenvalue weighted by Gasteiger charge is 2.14. The molecule has 2 aromatic heterocycles. The Balaban J connectivity index is 1.92. The maximum Gasteiger partial charge on any atom is 0.344 e. The fraction of sp³-hybridized carbons (Fsp3) is 0.286. The predicted molar refractivity (Wildman–Crippen MR) is 77.1 cm³/mol. The van der Waals surface area contributed by atoms with Gasteiger partial charge in [-0.25, -0.2) is 9.78 Å². The number of nitrogen functional groups attached to an aromatic ring is 1. The lowest BCUT2D eigenvalue weighted by atomic mass is 10.2. The summed E-state index contributed by atoms with van der Waals surface area (Å²) in [5.74, 6) is 0.114. The summed E-state index contributed by atoms with van der Waals surface area (Å²) in [7, 11) is 0. The third kappa shape index (κ3) is 3.66. The number of nitrogens with two attached hydrogens (primary N) is 1. The van der Waals surface area contributed by atoms with Crippen molar-refractivity contribution < 1.29 is 18.7 Å². The molecule has 0 aliphatic carbocycles. The second-order valence-corrected chi connectivity index (χ2v) is 4.76. The molecule has 0 aromatic carbocycles. The van der Waals surface area contributed by atoms with Gasteiger partial charge < -0.3 is 19.6 Å². The molecular weight excluding hydrogens is 296 g/mol. The lowest BCUT2D eigenvalue weighted by Gasteiger charge is -2.11. The number of nitrogens with zero attached hydrogens (tertiary/aromatic N) is 1. The number of halogens is 1. The molecule has 2 heterocycles. The number of furan rings is 1. The molecule has 0 aliphatic heterocycles. The summed E-state index contributed by atoms with van der Waals surface area (Å²) in [5, 5.41) is 0.192. The maximum absolute atomic E-state index is 11.6. The Bertz CT molecular complexity index is 641. The Morgan fingerprint density at radius 2 is 2.24 bits per heavy atom. The van der Waals surface area contributed by atoms with Crippen LogP contribution >= 0.6 is 11.6 Å². The summed E-state index contributed by atoms with van der Waals surface area (Å²) in [4.78, 5) is 15.7. The van der Waals surface area contributed by atoms with Crippen LogP contribution in [-0.2, 0) is 16.1 Å². The molecule has 0 unspecified atom stereocenters. The third-order valence-electron chi connectivity index (χ3n) is 2.92. The van der Waals surface area contributed by atoms with Gasteiger partial charge in [-0.2, -0.15) is 0 Å². The first-order chi connectivity index (χ1) is 9.99. The first-order valence-electron chi connectivity index (χ1n) is 6.22. The van der Waals surface area contributed by atoms with Crippen molar-refractivity contribution in [1.29, 1.82) is 0 Å². The summed E-state index contributed by atoms with van der Waals surface area (Å²) in [6.07, 6.45) is 1.50. The van der Waals surface area contributed by atoms with Crippen LogP contribution in [-0.4, -0.2) is 17.6 Å². The van der Waals surface area contributed by atoms with E-state index in [0.29, 0.717) is 17.1 Å². The van der Waals surface area contributed by atoms with E-state index in [0.717, 1.165) is 5.56 Å². The van der Waals surface area contributed by atoms with Gasteiger partial charge in [0.15, 0.2) is 6.61 Å². The van der Waals surface area contributed by atoms with E-state index in [1.54, 1.807) is 19.1 Å². The molecule has 0 saturated carbocycles. The smallest absolute Gasteiger partial charge is 0.344 e. The van der Waals surface area contributed by atoms with E-state index < -0.39 is 5.97 Å². The number of pyridine rings is 1. The Kier molecular flexibility index (Phi) is 4.70. The molecule has 2 rings (SSSR count). The normalized spacial score (nSPS) is 10.4. The van der Waals surface area contributed by atoms with Crippen LogP contribution in [0.4, 0.5) is 5.69 Å². The minimum absolute atomic E-state index is 0.0470. The first-order valence-corrected chi connectivity index (χ1v) is 6.59. The zero-order valence-electron chi connectivity index (χ0n) is 11.7. The Labute approximate surface area is 126 Å². The number of esters is 1. The molecule has 0 atom stereocenters. The van der Waals surface area contributed by atoms with E-state index in [2.05, 4.69) is 4.98 Å². The summed E-state index contributed by atoms with van der Waals surface area (Å²) < 4.78 is 15.3. The Morgan fingerprint density at radius 3 is 2.90 bits per heavy atom. The van der Waals surface area contributed by atoms with E-state index >= 15 is 0 Å². The average Bonchev–Trinajstić information content (AvgIpc) is 2.98. The Hall–Kier alpha value is -2.21. The van der Waals surface area contributed by atoms with Gasteiger partial charge in [0, 0.05) is 5.69 Å². The number of carbonyl (C=O) groups excluding carboxylic acids is 1. The highest BCUT2D eigenvalue weighted by atomic mass is 35.5. The quantitative estimate of drug-likeness (QED) is 0.854. The molecule has 112 valence electrons. The van der Waals surface area contributed by atoms with Crippen LogP contribution in [0.25, 0.3) is 0 Å². The minimum atomic E-state index is -0.555. The van der Waals surface area contributed by atoms with Crippen LogP contribution in [0.3, 0.4) is 0 Å². The second kappa shape index (κ2) is 6.49. The van der Waals surface area contributed by atoms with Gasteiger partial charge in [-0.3, -0.25) is 0 Å². The average molecular weight is 311 g/mol. The van der Waals surface area contributed by atoms with Crippen molar-refractivity contribution >= 4 is 23.3 Å². The maximum atomic E-state index is 11.6. The lowest BCUT2D eigenvalue weighted by molar-refractivity contribution is -0.147. The molecule has 0 spiro atoms. The van der Waals surface area contributed by atoms with Crippen molar-refractivity contribution in [3.63, 3.8) is 0 Å². The number of carbonyl (C=O) groups is 1. The number of aryl methyl sites for hydroxylation is 1. The zero-order chi connectivity index (χ0) is 15.4. The summed E-state index contributed by atoms with van der Waals surface area (Å²) in [5.41, 5.74) is 7.70. The molecule has 0 aliphatic rings. The summed E-state index contributed by atoms with van der Waals surface area (Å²) in [6, 6.07) is 3.41. The van der Waals surface area contributed by atoms with Gasteiger partial charge in [0.25, 0.3) is 0 Å². The Morgan fingerprint density at radius 1 is 1.48 bits per heavy atom. The fourth-order valence-corrected chi connectivity index (χ4v) is 1.81. The zero-order valence-corrected chi connectivity index (χ0v) is 12.4. The van der Waals surface area contributed by atoms with Crippen LogP contribution in [0.2, 0.25) is 5.02 Å². The largest absolute Gasteiger partial charge is 0.466 e. The van der Waals surface area contributed by atoms with Gasteiger partial charge >= 0.3 is 5.97 Å². The van der Waals surface area contributed by atoms with Crippen LogP contribution in [0, 0.1) is 13.8 Å². The number of hydrogen-bond donors (Lipinski definition) is 1. The molecule has 2 aromatic rings. The van der Waals surface area contributed by atoms with Gasteiger partial charge in [0.05, 0.1) is 12.0 Å². The van der Waals surface area contributed by atoms with Gasteiger partial charge in [-0.1, -0.05) is 11.6 Å². The molecular formula is C14H15ClN2O4. The standard InChI is InChI=1S/C14H15ClN2O4/c1-8-9(2)17-14(12(15)13(8)16)21-7-11(18)20-6-10-4-3-5-19-10/h3-5H,6-7H2,1-2H3,(H2,16,17). The van der Waals surface area contributed by atoms with E-state index in [9.17, 15) is 4.79 Å². The highest BCUT2D eigenvalue weighted by molar-refractivity contribution is 6.34. The van der Waals surface area contributed by atoms with Crippen molar-refractivity contribution in [2.75, 3.05) is 12.3 Å². The molecule has 2 N–H and O–H groups in total. The summed E-state index contributed by atoms with van der Waals surface area (Å²) >= 11 is 6.03. The first kappa shape index (κ1) is 15.2. The van der Waals surface area contributed by atoms with E-state index in [1.807, 2.05) is 6.92 Å². The van der Waals surface area contributed by atoms with Gasteiger partial charge in [-0.05, 0) is 31.5 Å². The van der Waals surface area contributed by atoms with Crippen molar-refractivity contribution in [1.82, 2.24) is 4.98 Å². The molecule has 0 fully saturated rings. The van der Waals surface area contributed by atoms with Crippen LogP contribution in [0.5, 0.6) is 5.88 Å². The van der Waals surface area contributed by atoms with Crippen LogP contribution < -0.4 is 10.5 Å². The second-order valence-electron chi connectivity index (χ2n) is 4.38. The van der Waals surface area contributed by atoms with E-state index in [4.69, 9.17) is 31.2 Å². The van der Waals surface area contributed by atoms with Crippen molar-refractivity contribution in [3.8, 4) is 5.88 Å². The van der Waals surface area contributed by atoms with E-state index in [1.165, 1.54) is 6.26 Å². The molecule has 0 saturated heterocycles. The van der Waals surface area contributed by atoms with Gasteiger partial charge in [0.2, 0.25) is 5.88 Å². The van der Waals surface area contributed by atoms with Gasteiger partial charge in [-0.15, -0.1) is 0 Å². The van der Waals surface area contributed by atoms with Gasteiger partial charge in [0.1, 0.15) is 17.4 Å². The molecule has 0 amide bonds. The monoisotopic (exact) mass is 310 g/mol. The topological polar surface area (TPSA) is 87.6 Å². The van der Waals surface area contributed by atoms with Crippen LogP contribution in [0.1, 0.15) is 17.0 Å². The van der Waals surface area contributed by atoms with Crippen LogP contribution in [0.15, 0.2) is 22.8 Å². The minimum Gasteiger partial charge on any atom is -0.466 e. The molecule has 21 heavy (non-hydrogen) atoms. The van der Waals surface area contributed by atoms with E-state index in [-0.39, 0.29) is 24.1 Å². The lowest BCUT2D eigenvalue weighted by Crippen LogP contribution is -2.16. The number of rotatable bonds is 5. The predicted octanol–water partition coefficient (Wildman–Crippen LogP) is 2.65. The molecule has 6 nitrogen and oxygen atoms in total. The van der Waals surface area contributed by atoms with Crippen molar-refractivity contribution in [2.45, 2.75) is 20.5 Å². The molecule has 7 heteroatoms. The van der Waals surface area contributed by atoms with Crippen molar-refractivity contribution in [2.24, 2.45) is 0 Å². The molecule has 0 bridgehead atoms. The number of hydrogen-bond acceptors (Lipinski definition) is 6. The number of aromatic nitrogens is 1. The number of anilines is 1.